The summed E-state index contributed by atoms with van der Waals surface area (Å²) >= 11 is 0. The molecular formula is C10H13F2NO. The standard InChI is InChI=1S/C10H13F2NO/c1-7(2)5-8-3-4-13-9(6-8)14-10(11)12/h3-4,6-7,10H,5H2,1-2H3. The first-order valence-corrected chi connectivity index (χ1v) is 4.47. The van der Waals surface area contributed by atoms with Gasteiger partial charge in [0.2, 0.25) is 5.88 Å². The third-order valence-corrected chi connectivity index (χ3v) is 1.65. The van der Waals surface area contributed by atoms with E-state index in [0.29, 0.717) is 5.92 Å². The van der Waals surface area contributed by atoms with Crippen molar-refractivity contribution in [1.82, 2.24) is 4.98 Å². The maximum atomic E-state index is 11.9. The molecule has 1 rings (SSSR count). The number of hydrogen-bond acceptors (Lipinski definition) is 2. The van der Waals surface area contributed by atoms with E-state index in [1.807, 2.05) is 0 Å². The molecular weight excluding hydrogens is 188 g/mol. The molecule has 0 amide bonds. The van der Waals surface area contributed by atoms with Gasteiger partial charge in [0, 0.05) is 12.3 Å². The van der Waals surface area contributed by atoms with Crippen LogP contribution in [-0.4, -0.2) is 11.6 Å². The Bertz CT molecular complexity index is 264. The van der Waals surface area contributed by atoms with Gasteiger partial charge in [0.15, 0.2) is 0 Å². The summed E-state index contributed by atoms with van der Waals surface area (Å²) in [4.78, 5) is 3.68. The second-order valence-corrected chi connectivity index (χ2v) is 3.48. The number of halogens is 2. The molecule has 0 atom stereocenters. The Labute approximate surface area is 81.9 Å². The smallest absolute Gasteiger partial charge is 0.388 e. The fourth-order valence-electron chi connectivity index (χ4n) is 1.20. The van der Waals surface area contributed by atoms with Gasteiger partial charge in [0.1, 0.15) is 0 Å². The number of ether oxygens (including phenoxy) is 1. The second-order valence-electron chi connectivity index (χ2n) is 3.48. The van der Waals surface area contributed by atoms with E-state index in [9.17, 15) is 8.78 Å². The minimum atomic E-state index is -2.81. The third-order valence-electron chi connectivity index (χ3n) is 1.65. The molecule has 0 spiro atoms. The summed E-state index contributed by atoms with van der Waals surface area (Å²) in [5.74, 6) is 0.468. The number of rotatable bonds is 4. The van der Waals surface area contributed by atoms with E-state index in [4.69, 9.17) is 0 Å². The Morgan fingerprint density at radius 1 is 1.43 bits per heavy atom. The zero-order valence-electron chi connectivity index (χ0n) is 8.21. The van der Waals surface area contributed by atoms with Crippen molar-refractivity contribution >= 4 is 0 Å². The van der Waals surface area contributed by atoms with Gasteiger partial charge in [0.25, 0.3) is 0 Å². The normalized spacial score (nSPS) is 11.0. The summed E-state index contributed by atoms with van der Waals surface area (Å²) in [5, 5.41) is 0. The Morgan fingerprint density at radius 2 is 2.14 bits per heavy atom. The zero-order chi connectivity index (χ0) is 10.6. The second kappa shape index (κ2) is 4.88. The lowest BCUT2D eigenvalue weighted by molar-refractivity contribution is -0.0528. The largest absolute Gasteiger partial charge is 0.417 e. The first-order chi connectivity index (χ1) is 6.58. The fourth-order valence-corrected chi connectivity index (χ4v) is 1.20. The van der Waals surface area contributed by atoms with Crippen LogP contribution in [0.4, 0.5) is 8.78 Å². The van der Waals surface area contributed by atoms with Gasteiger partial charge in [-0.3, -0.25) is 0 Å². The van der Waals surface area contributed by atoms with Gasteiger partial charge in [-0.1, -0.05) is 13.8 Å². The molecule has 0 saturated carbocycles. The van der Waals surface area contributed by atoms with Crippen LogP contribution in [0.25, 0.3) is 0 Å². The predicted octanol–water partition coefficient (Wildman–Crippen LogP) is 2.88. The summed E-state index contributed by atoms with van der Waals surface area (Å²) in [6.45, 7) is 1.32. The van der Waals surface area contributed by atoms with E-state index in [2.05, 4.69) is 23.6 Å². The number of nitrogens with zero attached hydrogens (tertiary/aromatic N) is 1. The van der Waals surface area contributed by atoms with Crippen LogP contribution in [0, 0.1) is 5.92 Å². The van der Waals surface area contributed by atoms with Crippen LogP contribution < -0.4 is 4.74 Å². The van der Waals surface area contributed by atoms with Crippen molar-refractivity contribution in [2.24, 2.45) is 5.92 Å². The van der Waals surface area contributed by atoms with Crippen LogP contribution in [0.15, 0.2) is 18.3 Å². The molecule has 0 N–H and O–H groups in total. The van der Waals surface area contributed by atoms with Crippen molar-refractivity contribution in [2.45, 2.75) is 26.9 Å². The summed E-state index contributed by atoms with van der Waals surface area (Å²) in [5.41, 5.74) is 0.964. The maximum Gasteiger partial charge on any atom is 0.388 e. The molecule has 0 aromatic carbocycles. The molecule has 0 fully saturated rings. The molecule has 2 nitrogen and oxygen atoms in total. The van der Waals surface area contributed by atoms with Crippen LogP contribution in [0.1, 0.15) is 19.4 Å². The summed E-state index contributed by atoms with van der Waals surface area (Å²) < 4.78 is 27.9. The highest BCUT2D eigenvalue weighted by molar-refractivity contribution is 5.20. The number of pyridine rings is 1. The summed E-state index contributed by atoms with van der Waals surface area (Å²) in [6.07, 6.45) is 2.32. The lowest BCUT2D eigenvalue weighted by Crippen LogP contribution is -2.04. The van der Waals surface area contributed by atoms with E-state index in [0.717, 1.165) is 12.0 Å². The highest BCUT2D eigenvalue weighted by Gasteiger charge is 2.06. The molecule has 78 valence electrons. The molecule has 0 aliphatic rings. The molecule has 0 bridgehead atoms. The van der Waals surface area contributed by atoms with Crippen molar-refractivity contribution in [3.05, 3.63) is 23.9 Å². The summed E-state index contributed by atoms with van der Waals surface area (Å²) in [7, 11) is 0. The van der Waals surface area contributed by atoms with Gasteiger partial charge in [-0.15, -0.1) is 0 Å². The van der Waals surface area contributed by atoms with E-state index in [1.54, 1.807) is 12.1 Å². The molecule has 0 saturated heterocycles. The fraction of sp³-hybridized carbons (Fsp3) is 0.500. The van der Waals surface area contributed by atoms with Gasteiger partial charge in [-0.2, -0.15) is 8.78 Å². The molecule has 0 unspecified atom stereocenters. The van der Waals surface area contributed by atoms with E-state index in [-0.39, 0.29) is 5.88 Å². The first-order valence-electron chi connectivity index (χ1n) is 4.47. The Morgan fingerprint density at radius 3 is 2.71 bits per heavy atom. The van der Waals surface area contributed by atoms with Crippen molar-refractivity contribution in [1.29, 1.82) is 0 Å². The molecule has 14 heavy (non-hydrogen) atoms. The van der Waals surface area contributed by atoms with Gasteiger partial charge in [0.05, 0.1) is 0 Å². The van der Waals surface area contributed by atoms with E-state index >= 15 is 0 Å². The van der Waals surface area contributed by atoms with Crippen LogP contribution in [-0.2, 0) is 6.42 Å². The molecule has 0 radical (unpaired) electrons. The monoisotopic (exact) mass is 201 g/mol. The van der Waals surface area contributed by atoms with Crippen LogP contribution >= 0.6 is 0 Å². The van der Waals surface area contributed by atoms with Crippen LogP contribution in [0.5, 0.6) is 5.88 Å². The number of alkyl halides is 2. The van der Waals surface area contributed by atoms with Crippen molar-refractivity contribution in [3.8, 4) is 5.88 Å². The predicted molar refractivity (Wildman–Crippen MR) is 49.4 cm³/mol. The van der Waals surface area contributed by atoms with Gasteiger partial charge in [-0.25, -0.2) is 4.98 Å². The van der Waals surface area contributed by atoms with Gasteiger partial charge < -0.3 is 4.74 Å². The van der Waals surface area contributed by atoms with Gasteiger partial charge in [-0.05, 0) is 24.0 Å². The Balaban J connectivity index is 2.68. The molecule has 1 aromatic heterocycles. The zero-order valence-corrected chi connectivity index (χ0v) is 8.21. The first kappa shape index (κ1) is 10.9. The maximum absolute atomic E-state index is 11.9. The minimum absolute atomic E-state index is 0.0156. The van der Waals surface area contributed by atoms with Crippen molar-refractivity contribution in [3.63, 3.8) is 0 Å². The lowest BCUT2D eigenvalue weighted by Gasteiger charge is -2.07. The highest BCUT2D eigenvalue weighted by Crippen LogP contribution is 2.14. The molecule has 1 aromatic rings. The van der Waals surface area contributed by atoms with E-state index < -0.39 is 6.61 Å². The molecule has 0 aliphatic heterocycles. The van der Waals surface area contributed by atoms with Crippen molar-refractivity contribution < 1.29 is 13.5 Å². The minimum Gasteiger partial charge on any atom is -0.417 e. The van der Waals surface area contributed by atoms with Crippen LogP contribution in [0.2, 0.25) is 0 Å². The Hall–Kier alpha value is -1.19. The SMILES string of the molecule is CC(C)Cc1ccnc(OC(F)F)c1. The number of aromatic nitrogens is 1. The van der Waals surface area contributed by atoms with E-state index in [1.165, 1.54) is 6.20 Å². The quantitative estimate of drug-likeness (QED) is 0.747. The Kier molecular flexibility index (Phi) is 3.80. The molecule has 0 aliphatic carbocycles. The number of hydrogen-bond donors (Lipinski definition) is 0. The average Bonchev–Trinajstić information content (AvgIpc) is 2.01. The average molecular weight is 201 g/mol. The van der Waals surface area contributed by atoms with Crippen LogP contribution in [0.3, 0.4) is 0 Å². The lowest BCUT2D eigenvalue weighted by atomic mass is 10.0. The molecule has 4 heteroatoms. The molecule has 1 heterocycles. The summed E-state index contributed by atoms with van der Waals surface area (Å²) in [6, 6.07) is 3.35. The topological polar surface area (TPSA) is 22.1 Å². The van der Waals surface area contributed by atoms with Gasteiger partial charge >= 0.3 is 6.61 Å². The third kappa shape index (κ3) is 3.68. The van der Waals surface area contributed by atoms with Crippen molar-refractivity contribution in [2.75, 3.05) is 0 Å². The highest BCUT2D eigenvalue weighted by atomic mass is 19.3.